The first-order valence-corrected chi connectivity index (χ1v) is 8.57. The number of amides is 1. The number of piperidine rings is 1. The van der Waals surface area contributed by atoms with Gasteiger partial charge in [-0.05, 0) is 12.0 Å². The summed E-state index contributed by atoms with van der Waals surface area (Å²) in [5.41, 5.74) is 1.26. The van der Waals surface area contributed by atoms with Crippen LogP contribution in [-0.2, 0) is 20.7 Å². The first-order valence-electron chi connectivity index (χ1n) is 8.57. The van der Waals surface area contributed by atoms with Gasteiger partial charge in [0.15, 0.2) is 5.79 Å². The number of nitrogens with zero attached hydrogens (tertiary/aromatic N) is 1. The lowest BCUT2D eigenvalue weighted by atomic mass is 10.0. The molecule has 2 saturated heterocycles. The molecular formula is C18H26N2O3. The summed E-state index contributed by atoms with van der Waals surface area (Å²) in [6.07, 6.45) is 3.25. The summed E-state index contributed by atoms with van der Waals surface area (Å²) < 4.78 is 11.4. The van der Waals surface area contributed by atoms with Crippen LogP contribution in [0.15, 0.2) is 30.3 Å². The average molecular weight is 318 g/mol. The standard InChI is InChI=1S/C18H26N2O3/c21-17(19-10-6-16-4-2-1-3-5-16)7-11-20-12-8-18(9-13-20)22-14-15-23-18/h1-5H,6-15H2,(H,19,21). The Bertz CT molecular complexity index is 490. The summed E-state index contributed by atoms with van der Waals surface area (Å²) >= 11 is 0. The SMILES string of the molecule is O=C(CCN1CCC2(CC1)OCCO2)NCCc1ccccc1. The van der Waals surface area contributed by atoms with Crippen molar-refractivity contribution in [1.29, 1.82) is 0 Å². The first kappa shape index (κ1) is 16.4. The van der Waals surface area contributed by atoms with Crippen LogP contribution in [0, 0.1) is 0 Å². The van der Waals surface area contributed by atoms with E-state index >= 15 is 0 Å². The van der Waals surface area contributed by atoms with Crippen molar-refractivity contribution in [3.63, 3.8) is 0 Å². The Kier molecular flexibility index (Phi) is 5.65. The molecule has 5 heteroatoms. The molecule has 0 aromatic heterocycles. The van der Waals surface area contributed by atoms with Gasteiger partial charge >= 0.3 is 0 Å². The van der Waals surface area contributed by atoms with Crippen molar-refractivity contribution in [2.24, 2.45) is 0 Å². The molecule has 1 aromatic rings. The second-order valence-electron chi connectivity index (χ2n) is 6.28. The van der Waals surface area contributed by atoms with Crippen molar-refractivity contribution in [2.45, 2.75) is 31.5 Å². The highest BCUT2D eigenvalue weighted by molar-refractivity contribution is 5.76. The maximum atomic E-state index is 11.9. The van der Waals surface area contributed by atoms with E-state index in [0.717, 1.165) is 38.9 Å². The van der Waals surface area contributed by atoms with Gasteiger partial charge < -0.3 is 19.7 Å². The smallest absolute Gasteiger partial charge is 0.221 e. The molecule has 0 radical (unpaired) electrons. The second-order valence-corrected chi connectivity index (χ2v) is 6.28. The Hall–Kier alpha value is -1.43. The molecule has 0 bridgehead atoms. The van der Waals surface area contributed by atoms with Crippen molar-refractivity contribution in [1.82, 2.24) is 10.2 Å². The number of carbonyl (C=O) groups excluding carboxylic acids is 1. The van der Waals surface area contributed by atoms with Crippen LogP contribution in [0.2, 0.25) is 0 Å². The average Bonchev–Trinajstić information content (AvgIpc) is 3.04. The van der Waals surface area contributed by atoms with Gasteiger partial charge in [-0.15, -0.1) is 0 Å². The van der Waals surface area contributed by atoms with Crippen molar-refractivity contribution < 1.29 is 14.3 Å². The highest BCUT2D eigenvalue weighted by Crippen LogP contribution is 2.31. The molecule has 0 unspecified atom stereocenters. The summed E-state index contributed by atoms with van der Waals surface area (Å²) in [5, 5.41) is 3.00. The number of benzene rings is 1. The van der Waals surface area contributed by atoms with Crippen molar-refractivity contribution in [3.8, 4) is 0 Å². The van der Waals surface area contributed by atoms with Crippen LogP contribution >= 0.6 is 0 Å². The van der Waals surface area contributed by atoms with Crippen LogP contribution in [0.5, 0.6) is 0 Å². The lowest BCUT2D eigenvalue weighted by Gasteiger charge is -2.37. The molecular weight excluding hydrogens is 292 g/mol. The minimum Gasteiger partial charge on any atom is -0.356 e. The predicted octanol–water partition coefficient (Wildman–Crippen LogP) is 1.57. The van der Waals surface area contributed by atoms with Gasteiger partial charge in [-0.25, -0.2) is 0 Å². The Balaban J connectivity index is 1.29. The second kappa shape index (κ2) is 7.90. The normalized spacial score (nSPS) is 20.7. The van der Waals surface area contributed by atoms with E-state index in [4.69, 9.17) is 9.47 Å². The topological polar surface area (TPSA) is 50.8 Å². The molecule has 1 aromatic carbocycles. The van der Waals surface area contributed by atoms with Crippen LogP contribution in [0.25, 0.3) is 0 Å². The Morgan fingerprint density at radius 3 is 2.52 bits per heavy atom. The monoisotopic (exact) mass is 318 g/mol. The van der Waals surface area contributed by atoms with Crippen molar-refractivity contribution >= 4 is 5.91 Å². The molecule has 2 fully saturated rings. The fourth-order valence-electron chi connectivity index (χ4n) is 3.24. The van der Waals surface area contributed by atoms with E-state index in [1.807, 2.05) is 18.2 Å². The molecule has 0 saturated carbocycles. The number of likely N-dealkylation sites (tertiary alicyclic amines) is 1. The van der Waals surface area contributed by atoms with E-state index < -0.39 is 0 Å². The van der Waals surface area contributed by atoms with Gasteiger partial charge in [0.2, 0.25) is 5.91 Å². The van der Waals surface area contributed by atoms with Gasteiger partial charge in [-0.3, -0.25) is 4.79 Å². The highest BCUT2D eigenvalue weighted by Gasteiger charge is 2.39. The van der Waals surface area contributed by atoms with Crippen LogP contribution in [0.4, 0.5) is 0 Å². The van der Waals surface area contributed by atoms with E-state index in [0.29, 0.717) is 26.2 Å². The Morgan fingerprint density at radius 1 is 1.13 bits per heavy atom. The molecule has 5 nitrogen and oxygen atoms in total. The summed E-state index contributed by atoms with van der Waals surface area (Å²) in [5.74, 6) is -0.191. The lowest BCUT2D eigenvalue weighted by molar-refractivity contribution is -0.185. The third kappa shape index (κ3) is 4.77. The van der Waals surface area contributed by atoms with E-state index in [2.05, 4.69) is 22.3 Å². The molecule has 1 amide bonds. The summed E-state index contributed by atoms with van der Waals surface area (Å²) in [6.45, 7) is 4.82. The van der Waals surface area contributed by atoms with Crippen molar-refractivity contribution in [3.05, 3.63) is 35.9 Å². The minimum atomic E-state index is -0.325. The third-order valence-electron chi connectivity index (χ3n) is 4.67. The molecule has 23 heavy (non-hydrogen) atoms. The highest BCUT2D eigenvalue weighted by atomic mass is 16.7. The molecule has 126 valence electrons. The Morgan fingerprint density at radius 2 is 1.83 bits per heavy atom. The van der Waals surface area contributed by atoms with Gasteiger partial charge in [0.05, 0.1) is 13.2 Å². The van der Waals surface area contributed by atoms with Gasteiger partial charge in [-0.1, -0.05) is 30.3 Å². The number of carbonyl (C=O) groups is 1. The number of rotatable bonds is 6. The van der Waals surface area contributed by atoms with Crippen LogP contribution in [0.1, 0.15) is 24.8 Å². The van der Waals surface area contributed by atoms with E-state index in [9.17, 15) is 4.79 Å². The van der Waals surface area contributed by atoms with E-state index in [1.165, 1.54) is 5.56 Å². The largest absolute Gasteiger partial charge is 0.356 e. The van der Waals surface area contributed by atoms with Gasteiger partial charge in [0.1, 0.15) is 0 Å². The molecule has 0 atom stereocenters. The van der Waals surface area contributed by atoms with Gasteiger partial charge in [-0.2, -0.15) is 0 Å². The van der Waals surface area contributed by atoms with Gasteiger partial charge in [0, 0.05) is 45.4 Å². The lowest BCUT2D eigenvalue weighted by Crippen LogP contribution is -2.46. The summed E-state index contributed by atoms with van der Waals surface area (Å²) in [4.78, 5) is 14.3. The Labute approximate surface area is 137 Å². The van der Waals surface area contributed by atoms with Crippen LogP contribution < -0.4 is 5.32 Å². The van der Waals surface area contributed by atoms with Crippen LogP contribution in [0.3, 0.4) is 0 Å². The number of ether oxygens (including phenoxy) is 2. The molecule has 1 N–H and O–H groups in total. The predicted molar refractivity (Wildman–Crippen MR) is 88.1 cm³/mol. The van der Waals surface area contributed by atoms with E-state index in [1.54, 1.807) is 0 Å². The quantitative estimate of drug-likeness (QED) is 0.865. The van der Waals surface area contributed by atoms with E-state index in [-0.39, 0.29) is 11.7 Å². The maximum absolute atomic E-state index is 11.9. The molecule has 1 spiro atoms. The molecule has 2 aliphatic rings. The number of hydrogen-bond donors (Lipinski definition) is 1. The number of hydrogen-bond acceptors (Lipinski definition) is 4. The van der Waals surface area contributed by atoms with Crippen molar-refractivity contribution in [2.75, 3.05) is 39.4 Å². The van der Waals surface area contributed by atoms with Crippen LogP contribution in [-0.4, -0.2) is 56.0 Å². The zero-order valence-corrected chi connectivity index (χ0v) is 13.6. The zero-order valence-electron chi connectivity index (χ0n) is 13.6. The minimum absolute atomic E-state index is 0.134. The fourth-order valence-corrected chi connectivity index (χ4v) is 3.24. The molecule has 2 aliphatic heterocycles. The van der Waals surface area contributed by atoms with Gasteiger partial charge in [0.25, 0.3) is 0 Å². The third-order valence-corrected chi connectivity index (χ3v) is 4.67. The summed E-state index contributed by atoms with van der Waals surface area (Å²) in [6, 6.07) is 10.2. The maximum Gasteiger partial charge on any atom is 0.221 e. The number of nitrogens with one attached hydrogen (secondary N) is 1. The fraction of sp³-hybridized carbons (Fsp3) is 0.611. The summed E-state index contributed by atoms with van der Waals surface area (Å²) in [7, 11) is 0. The molecule has 3 rings (SSSR count). The molecule has 2 heterocycles. The molecule has 0 aliphatic carbocycles. The first-order chi connectivity index (χ1) is 11.3. The zero-order chi connectivity index (χ0) is 16.0.